The van der Waals surface area contributed by atoms with E-state index in [9.17, 15) is 4.79 Å². The first kappa shape index (κ1) is 24.2. The minimum Gasteiger partial charge on any atom is -0.486 e. The second-order valence-corrected chi connectivity index (χ2v) is 9.00. The van der Waals surface area contributed by atoms with Crippen molar-refractivity contribution in [2.75, 3.05) is 11.1 Å². The fourth-order valence-electron chi connectivity index (χ4n) is 2.86. The molecule has 0 aliphatic rings. The SMILES string of the molecule is C=CCn1c(COc2ccc(C(C)C)cc2)nnc1SCC(=O)Nc1c(Cl)cccc1Cl. The molecule has 0 radical (unpaired) electrons. The minimum atomic E-state index is -0.249. The normalized spacial score (nSPS) is 10.9. The van der Waals surface area contributed by atoms with E-state index >= 15 is 0 Å². The third kappa shape index (κ3) is 6.28. The monoisotopic (exact) mass is 490 g/mol. The molecule has 3 rings (SSSR count). The van der Waals surface area contributed by atoms with Gasteiger partial charge < -0.3 is 10.1 Å². The van der Waals surface area contributed by atoms with Crippen LogP contribution in [0.3, 0.4) is 0 Å². The number of carbonyl (C=O) groups excluding carboxylic acids is 1. The number of amides is 1. The number of nitrogens with one attached hydrogen (secondary N) is 1. The van der Waals surface area contributed by atoms with E-state index in [-0.39, 0.29) is 18.3 Å². The number of ether oxygens (including phenoxy) is 1. The van der Waals surface area contributed by atoms with E-state index in [1.807, 2.05) is 16.7 Å². The van der Waals surface area contributed by atoms with Crippen LogP contribution in [0.25, 0.3) is 0 Å². The Kier molecular flexibility index (Phi) is 8.61. The standard InChI is InChI=1S/C23H24Cl2N4O2S/c1-4-12-29-20(13-31-17-10-8-16(9-11-17)15(2)3)27-28-23(29)32-14-21(30)26-22-18(24)6-5-7-19(22)25/h4-11,15H,1,12-14H2,2-3H3,(H,26,30). The van der Waals surface area contributed by atoms with Crippen molar-refractivity contribution in [1.82, 2.24) is 14.8 Å². The quantitative estimate of drug-likeness (QED) is 0.270. The zero-order chi connectivity index (χ0) is 23.1. The molecule has 0 unspecified atom stereocenters. The lowest BCUT2D eigenvalue weighted by Crippen LogP contribution is -2.15. The van der Waals surface area contributed by atoms with Crippen LogP contribution >= 0.6 is 35.0 Å². The number of thioether (sulfide) groups is 1. The molecule has 9 heteroatoms. The Balaban J connectivity index is 1.62. The summed E-state index contributed by atoms with van der Waals surface area (Å²) in [5, 5.41) is 12.5. The summed E-state index contributed by atoms with van der Waals surface area (Å²) in [7, 11) is 0. The molecule has 0 spiro atoms. The molecule has 32 heavy (non-hydrogen) atoms. The van der Waals surface area contributed by atoms with Gasteiger partial charge in [0, 0.05) is 6.54 Å². The summed E-state index contributed by atoms with van der Waals surface area (Å²) >= 11 is 13.5. The molecule has 0 aliphatic heterocycles. The molecule has 2 aromatic carbocycles. The van der Waals surface area contributed by atoms with Gasteiger partial charge in [-0.05, 0) is 35.7 Å². The van der Waals surface area contributed by atoms with Gasteiger partial charge in [0.1, 0.15) is 12.4 Å². The molecule has 0 aliphatic carbocycles. The molecule has 168 valence electrons. The Morgan fingerprint density at radius 2 is 1.88 bits per heavy atom. The van der Waals surface area contributed by atoms with Crippen molar-refractivity contribution in [3.8, 4) is 5.75 Å². The molecular weight excluding hydrogens is 467 g/mol. The Morgan fingerprint density at radius 1 is 1.19 bits per heavy atom. The molecule has 0 saturated heterocycles. The largest absolute Gasteiger partial charge is 0.486 e. The summed E-state index contributed by atoms with van der Waals surface area (Å²) in [4.78, 5) is 12.4. The number of benzene rings is 2. The van der Waals surface area contributed by atoms with Gasteiger partial charge in [-0.25, -0.2) is 0 Å². The number of hydrogen-bond acceptors (Lipinski definition) is 5. The van der Waals surface area contributed by atoms with Crippen molar-refractivity contribution in [2.24, 2.45) is 0 Å². The first-order chi connectivity index (χ1) is 15.4. The summed E-state index contributed by atoms with van der Waals surface area (Å²) in [5.74, 6) is 1.74. The van der Waals surface area contributed by atoms with Gasteiger partial charge in [0.25, 0.3) is 0 Å². The van der Waals surface area contributed by atoms with Crippen LogP contribution in [-0.4, -0.2) is 26.4 Å². The number of aromatic nitrogens is 3. The van der Waals surface area contributed by atoms with E-state index in [4.69, 9.17) is 27.9 Å². The molecule has 3 aromatic rings. The predicted octanol–water partition coefficient (Wildman–Crippen LogP) is 6.20. The molecule has 0 bridgehead atoms. The van der Waals surface area contributed by atoms with E-state index in [1.54, 1.807) is 24.3 Å². The average molecular weight is 491 g/mol. The summed E-state index contributed by atoms with van der Waals surface area (Å²) in [6.07, 6.45) is 1.75. The molecule has 0 fully saturated rings. The van der Waals surface area contributed by atoms with Crippen LogP contribution in [0, 0.1) is 0 Å². The highest BCUT2D eigenvalue weighted by Gasteiger charge is 2.15. The van der Waals surface area contributed by atoms with Crippen molar-refractivity contribution in [1.29, 1.82) is 0 Å². The number of rotatable bonds is 10. The van der Waals surface area contributed by atoms with Crippen LogP contribution in [0.4, 0.5) is 5.69 Å². The molecule has 0 saturated carbocycles. The number of carbonyl (C=O) groups is 1. The maximum Gasteiger partial charge on any atom is 0.234 e. The second kappa shape index (κ2) is 11.4. The van der Waals surface area contributed by atoms with Crippen molar-refractivity contribution in [3.63, 3.8) is 0 Å². The van der Waals surface area contributed by atoms with Gasteiger partial charge in [-0.2, -0.15) is 0 Å². The Hall–Kier alpha value is -2.48. The second-order valence-electron chi connectivity index (χ2n) is 7.24. The van der Waals surface area contributed by atoms with Gasteiger partial charge in [-0.3, -0.25) is 9.36 Å². The first-order valence-corrected chi connectivity index (χ1v) is 11.8. The van der Waals surface area contributed by atoms with E-state index in [1.165, 1.54) is 17.3 Å². The first-order valence-electron chi connectivity index (χ1n) is 10.0. The van der Waals surface area contributed by atoms with Crippen LogP contribution in [0.15, 0.2) is 60.3 Å². The molecule has 1 aromatic heterocycles. The average Bonchev–Trinajstić information content (AvgIpc) is 3.15. The Bertz CT molecular complexity index is 1060. The molecular formula is C23H24Cl2N4O2S. The fourth-order valence-corrected chi connectivity index (χ4v) is 4.12. The number of halogens is 2. The lowest BCUT2D eigenvalue weighted by molar-refractivity contribution is -0.113. The summed E-state index contributed by atoms with van der Waals surface area (Å²) in [6.45, 7) is 8.85. The molecule has 1 amide bonds. The van der Waals surface area contributed by atoms with Gasteiger partial charge in [-0.1, -0.05) is 73.1 Å². The highest BCUT2D eigenvalue weighted by atomic mass is 35.5. The van der Waals surface area contributed by atoms with Gasteiger partial charge in [-0.15, -0.1) is 16.8 Å². The van der Waals surface area contributed by atoms with Crippen molar-refractivity contribution in [2.45, 2.75) is 38.1 Å². The number of hydrogen-bond donors (Lipinski definition) is 1. The molecule has 1 heterocycles. The van der Waals surface area contributed by atoms with Crippen LogP contribution in [-0.2, 0) is 17.9 Å². The zero-order valence-electron chi connectivity index (χ0n) is 17.8. The van der Waals surface area contributed by atoms with Gasteiger partial charge >= 0.3 is 0 Å². The van der Waals surface area contributed by atoms with Crippen LogP contribution < -0.4 is 10.1 Å². The molecule has 1 N–H and O–H groups in total. The summed E-state index contributed by atoms with van der Waals surface area (Å²) < 4.78 is 7.75. The van der Waals surface area contributed by atoms with Crippen molar-refractivity contribution in [3.05, 3.63) is 76.6 Å². The smallest absolute Gasteiger partial charge is 0.234 e. The lowest BCUT2D eigenvalue weighted by atomic mass is 10.0. The molecule has 6 nitrogen and oxygen atoms in total. The van der Waals surface area contributed by atoms with E-state index < -0.39 is 0 Å². The van der Waals surface area contributed by atoms with E-state index in [0.29, 0.717) is 39.2 Å². The van der Waals surface area contributed by atoms with Gasteiger partial charge in [0.05, 0.1) is 21.5 Å². The van der Waals surface area contributed by atoms with Crippen LogP contribution in [0.1, 0.15) is 31.2 Å². The number of para-hydroxylation sites is 1. The lowest BCUT2D eigenvalue weighted by Gasteiger charge is -2.11. The maximum absolute atomic E-state index is 12.4. The number of nitrogens with zero attached hydrogens (tertiary/aromatic N) is 3. The van der Waals surface area contributed by atoms with Crippen molar-refractivity contribution >= 4 is 46.6 Å². The fraction of sp³-hybridized carbons (Fsp3) is 0.261. The maximum atomic E-state index is 12.4. The minimum absolute atomic E-state index is 0.119. The Labute approximate surface area is 202 Å². The van der Waals surface area contributed by atoms with Crippen LogP contribution in [0.2, 0.25) is 10.0 Å². The van der Waals surface area contributed by atoms with Crippen LogP contribution in [0.5, 0.6) is 5.75 Å². The van der Waals surface area contributed by atoms with E-state index in [0.717, 1.165) is 5.75 Å². The topological polar surface area (TPSA) is 69.0 Å². The van der Waals surface area contributed by atoms with Gasteiger partial charge in [0.15, 0.2) is 11.0 Å². The summed E-state index contributed by atoms with van der Waals surface area (Å²) in [5.41, 5.74) is 1.65. The predicted molar refractivity (Wildman–Crippen MR) is 131 cm³/mol. The summed E-state index contributed by atoms with van der Waals surface area (Å²) in [6, 6.07) is 13.1. The van der Waals surface area contributed by atoms with Gasteiger partial charge in [0.2, 0.25) is 5.91 Å². The Morgan fingerprint density at radius 3 is 2.50 bits per heavy atom. The number of allylic oxidation sites excluding steroid dienone is 1. The van der Waals surface area contributed by atoms with Crippen molar-refractivity contribution < 1.29 is 9.53 Å². The highest BCUT2D eigenvalue weighted by Crippen LogP contribution is 2.30. The highest BCUT2D eigenvalue weighted by molar-refractivity contribution is 7.99. The number of anilines is 1. The van der Waals surface area contributed by atoms with E-state index in [2.05, 4.69) is 48.1 Å². The third-order valence-corrected chi connectivity index (χ3v) is 6.18. The zero-order valence-corrected chi connectivity index (χ0v) is 20.2. The third-order valence-electron chi connectivity index (χ3n) is 4.58. The molecule has 0 atom stereocenters.